The number of anilines is 1. The number of benzene rings is 1. The van der Waals surface area contributed by atoms with E-state index < -0.39 is 0 Å². The molecule has 1 heterocycles. The van der Waals surface area contributed by atoms with Gasteiger partial charge in [-0.25, -0.2) is 0 Å². The van der Waals surface area contributed by atoms with E-state index in [1.807, 2.05) is 12.4 Å². The lowest BCUT2D eigenvalue weighted by atomic mass is 9.92. The number of unbranched alkanes of at least 4 members (excludes halogenated alkanes) is 14. The summed E-state index contributed by atoms with van der Waals surface area (Å²) in [6, 6.07) is 13.2. The van der Waals surface area contributed by atoms with Crippen molar-refractivity contribution < 1.29 is 0 Å². The van der Waals surface area contributed by atoms with Crippen molar-refractivity contribution in [2.75, 3.05) is 19.0 Å². The van der Waals surface area contributed by atoms with E-state index in [1.54, 1.807) is 0 Å². The molecule has 0 aliphatic rings. The Morgan fingerprint density at radius 3 is 1.63 bits per heavy atom. The van der Waals surface area contributed by atoms with Crippen LogP contribution in [0, 0.1) is 0 Å². The van der Waals surface area contributed by atoms with Gasteiger partial charge in [-0.1, -0.05) is 128 Å². The first-order valence-corrected chi connectivity index (χ1v) is 14.6. The first-order valence-electron chi connectivity index (χ1n) is 14.6. The van der Waals surface area contributed by atoms with Crippen molar-refractivity contribution in [1.82, 2.24) is 4.98 Å². The van der Waals surface area contributed by atoms with Crippen LogP contribution in [0.5, 0.6) is 0 Å². The largest absolute Gasteiger partial charge is 0.378 e. The topological polar surface area (TPSA) is 16.1 Å². The molecule has 1 atom stereocenters. The van der Waals surface area contributed by atoms with Crippen LogP contribution in [-0.4, -0.2) is 19.1 Å². The van der Waals surface area contributed by atoms with Crippen LogP contribution in [0.25, 0.3) is 6.08 Å². The smallest absolute Gasteiger partial charge is 0.0361 e. The SMILES string of the molecule is CCCCCCCCCCCCCCCCCC(/C=C/c1ccc(N(C)C)cc1)c1ccncc1. The van der Waals surface area contributed by atoms with E-state index in [4.69, 9.17) is 0 Å². The first-order chi connectivity index (χ1) is 17.2. The fourth-order valence-corrected chi connectivity index (χ4v) is 4.83. The summed E-state index contributed by atoms with van der Waals surface area (Å²) in [5.74, 6) is 0.466. The average molecular weight is 477 g/mol. The van der Waals surface area contributed by atoms with Crippen molar-refractivity contribution >= 4 is 11.8 Å². The average Bonchev–Trinajstić information content (AvgIpc) is 2.88. The van der Waals surface area contributed by atoms with Gasteiger partial charge in [0.25, 0.3) is 0 Å². The molecule has 0 radical (unpaired) electrons. The van der Waals surface area contributed by atoms with E-state index in [1.165, 1.54) is 120 Å². The molecule has 2 nitrogen and oxygen atoms in total. The highest BCUT2D eigenvalue weighted by molar-refractivity contribution is 5.56. The molecule has 2 rings (SSSR count). The molecular weight excluding hydrogens is 424 g/mol. The maximum absolute atomic E-state index is 4.22. The third-order valence-corrected chi connectivity index (χ3v) is 7.18. The van der Waals surface area contributed by atoms with E-state index in [-0.39, 0.29) is 0 Å². The summed E-state index contributed by atoms with van der Waals surface area (Å²) in [5.41, 5.74) is 3.89. The van der Waals surface area contributed by atoms with Gasteiger partial charge >= 0.3 is 0 Å². The van der Waals surface area contributed by atoms with E-state index in [0.717, 1.165) is 0 Å². The summed E-state index contributed by atoms with van der Waals surface area (Å²) in [7, 11) is 4.17. The second-order valence-electron chi connectivity index (χ2n) is 10.5. The summed E-state index contributed by atoms with van der Waals surface area (Å²) in [5, 5.41) is 0. The molecule has 1 unspecified atom stereocenters. The monoisotopic (exact) mass is 476 g/mol. The van der Waals surface area contributed by atoms with Crippen LogP contribution in [0.15, 0.2) is 54.9 Å². The lowest BCUT2D eigenvalue weighted by Crippen LogP contribution is -2.07. The molecule has 0 aliphatic heterocycles. The number of pyridine rings is 1. The third-order valence-electron chi connectivity index (χ3n) is 7.18. The summed E-state index contributed by atoms with van der Waals surface area (Å²) < 4.78 is 0. The van der Waals surface area contributed by atoms with Crippen molar-refractivity contribution in [2.24, 2.45) is 0 Å². The van der Waals surface area contributed by atoms with Gasteiger partial charge in [0, 0.05) is 38.1 Å². The Morgan fingerprint density at radius 1 is 0.657 bits per heavy atom. The van der Waals surface area contributed by atoms with Crippen molar-refractivity contribution in [1.29, 1.82) is 0 Å². The summed E-state index contributed by atoms with van der Waals surface area (Å²) in [4.78, 5) is 6.36. The van der Waals surface area contributed by atoms with E-state index in [9.17, 15) is 0 Å². The Hall–Kier alpha value is -2.09. The van der Waals surface area contributed by atoms with Gasteiger partial charge < -0.3 is 4.90 Å². The van der Waals surface area contributed by atoms with E-state index in [0.29, 0.717) is 5.92 Å². The zero-order chi connectivity index (χ0) is 25.0. The predicted octanol–water partition coefficient (Wildman–Crippen LogP) is 10.2. The van der Waals surface area contributed by atoms with Crippen LogP contribution in [-0.2, 0) is 0 Å². The van der Waals surface area contributed by atoms with Crippen LogP contribution < -0.4 is 4.90 Å². The zero-order valence-electron chi connectivity index (χ0n) is 23.1. The Labute approximate surface area is 217 Å². The highest BCUT2D eigenvalue weighted by Crippen LogP contribution is 2.25. The fourth-order valence-electron chi connectivity index (χ4n) is 4.83. The van der Waals surface area contributed by atoms with Gasteiger partial charge in [0.15, 0.2) is 0 Å². The molecule has 0 saturated carbocycles. The molecule has 35 heavy (non-hydrogen) atoms. The molecule has 0 spiro atoms. The van der Waals surface area contributed by atoms with E-state index in [2.05, 4.69) is 79.5 Å². The zero-order valence-corrected chi connectivity index (χ0v) is 23.1. The molecule has 2 heteroatoms. The molecule has 0 fully saturated rings. The minimum atomic E-state index is 0.466. The molecule has 1 aromatic heterocycles. The van der Waals surface area contributed by atoms with Crippen LogP contribution in [0.3, 0.4) is 0 Å². The first kappa shape index (κ1) is 29.1. The second-order valence-corrected chi connectivity index (χ2v) is 10.5. The van der Waals surface area contributed by atoms with Crippen molar-refractivity contribution in [2.45, 2.75) is 116 Å². The fraction of sp³-hybridized carbons (Fsp3) is 0.606. The Bertz CT molecular complexity index is 763. The molecule has 0 aliphatic carbocycles. The molecule has 2 aromatic rings. The van der Waals surface area contributed by atoms with Gasteiger partial charge in [-0.3, -0.25) is 4.98 Å². The molecule has 0 amide bonds. The number of hydrogen-bond acceptors (Lipinski definition) is 2. The molecular formula is C33H52N2. The van der Waals surface area contributed by atoms with Crippen molar-refractivity contribution in [3.63, 3.8) is 0 Å². The molecule has 0 N–H and O–H groups in total. The van der Waals surface area contributed by atoms with Crippen molar-refractivity contribution in [3.05, 3.63) is 66.0 Å². The molecule has 0 bridgehead atoms. The second kappa shape index (κ2) is 19.1. The highest BCUT2D eigenvalue weighted by atomic mass is 15.1. The van der Waals surface area contributed by atoms with Crippen LogP contribution >= 0.6 is 0 Å². The maximum atomic E-state index is 4.22. The maximum Gasteiger partial charge on any atom is 0.0361 e. The number of nitrogens with zero attached hydrogens (tertiary/aromatic N) is 2. The van der Waals surface area contributed by atoms with Crippen LogP contribution in [0.1, 0.15) is 127 Å². The quantitative estimate of drug-likeness (QED) is 0.177. The van der Waals surface area contributed by atoms with Crippen LogP contribution in [0.4, 0.5) is 5.69 Å². The highest BCUT2D eigenvalue weighted by Gasteiger charge is 2.08. The number of aromatic nitrogens is 1. The van der Waals surface area contributed by atoms with Crippen molar-refractivity contribution in [3.8, 4) is 0 Å². The van der Waals surface area contributed by atoms with Gasteiger partial charge in [-0.15, -0.1) is 0 Å². The molecule has 1 aromatic carbocycles. The third kappa shape index (κ3) is 13.5. The predicted molar refractivity (Wildman–Crippen MR) is 156 cm³/mol. The van der Waals surface area contributed by atoms with Gasteiger partial charge in [0.05, 0.1) is 0 Å². The summed E-state index contributed by atoms with van der Waals surface area (Å²) in [6.45, 7) is 2.30. The summed E-state index contributed by atoms with van der Waals surface area (Å²) >= 11 is 0. The Kier molecular flexibility index (Phi) is 15.9. The molecule has 0 saturated heterocycles. The van der Waals surface area contributed by atoms with Gasteiger partial charge in [-0.2, -0.15) is 0 Å². The van der Waals surface area contributed by atoms with Gasteiger partial charge in [-0.05, 0) is 41.8 Å². The minimum Gasteiger partial charge on any atom is -0.378 e. The number of allylic oxidation sites excluding steroid dienone is 1. The number of hydrogen-bond donors (Lipinski definition) is 0. The summed E-state index contributed by atoms with van der Waals surface area (Å²) in [6.07, 6.45) is 31.0. The Morgan fingerprint density at radius 2 is 1.14 bits per heavy atom. The van der Waals surface area contributed by atoms with Gasteiger partial charge in [0.1, 0.15) is 0 Å². The van der Waals surface area contributed by atoms with Crippen LogP contribution in [0.2, 0.25) is 0 Å². The van der Waals surface area contributed by atoms with E-state index >= 15 is 0 Å². The normalized spacial score (nSPS) is 12.3. The molecule has 194 valence electrons. The number of rotatable bonds is 20. The minimum absolute atomic E-state index is 0.466. The Balaban J connectivity index is 1.60. The standard InChI is InChI=1S/C33H52N2/c1-4-5-6-7-8-9-10-11-12-13-14-15-16-17-18-19-31(32-26-28-34-29-27-32)23-20-30-21-24-33(25-22-30)35(2)3/h20-29,31H,4-19H2,1-3H3/b23-20+. The lowest BCUT2D eigenvalue weighted by molar-refractivity contribution is 0.526. The van der Waals surface area contributed by atoms with Gasteiger partial charge in [0.2, 0.25) is 0 Å². The lowest BCUT2D eigenvalue weighted by Gasteiger charge is -2.14.